The summed E-state index contributed by atoms with van der Waals surface area (Å²) in [5.74, 6) is 0.683. The summed E-state index contributed by atoms with van der Waals surface area (Å²) in [4.78, 5) is 13.4. The van der Waals surface area contributed by atoms with Crippen LogP contribution in [-0.2, 0) is 11.2 Å². The van der Waals surface area contributed by atoms with E-state index in [4.69, 9.17) is 0 Å². The van der Waals surface area contributed by atoms with E-state index in [1.165, 1.54) is 25.7 Å². The van der Waals surface area contributed by atoms with E-state index >= 15 is 0 Å². The summed E-state index contributed by atoms with van der Waals surface area (Å²) < 4.78 is 0. The van der Waals surface area contributed by atoms with Gasteiger partial charge in [0.2, 0.25) is 5.91 Å². The number of H-pyrrole nitrogens is 1. The Hall–Kier alpha value is -1.62. The number of carbonyl (C=O) groups is 1. The zero-order valence-electron chi connectivity index (χ0n) is 12.3. The maximum atomic E-state index is 12.3. The van der Waals surface area contributed by atoms with Gasteiger partial charge in [-0.25, -0.2) is 0 Å². The number of hydrogen-bond acceptors (Lipinski definition) is 3. The van der Waals surface area contributed by atoms with Crippen LogP contribution in [0.1, 0.15) is 44.7 Å². The first-order chi connectivity index (χ1) is 10.3. The summed E-state index contributed by atoms with van der Waals surface area (Å²) >= 11 is 1.64. The Morgan fingerprint density at radius 3 is 2.95 bits per heavy atom. The first kappa shape index (κ1) is 14.3. The van der Waals surface area contributed by atoms with Gasteiger partial charge in [0.1, 0.15) is 5.69 Å². The lowest BCUT2D eigenvalue weighted by Gasteiger charge is -2.10. The van der Waals surface area contributed by atoms with Gasteiger partial charge < -0.3 is 5.32 Å². The predicted molar refractivity (Wildman–Crippen MR) is 86.5 cm³/mol. The van der Waals surface area contributed by atoms with E-state index in [0.717, 1.165) is 28.4 Å². The van der Waals surface area contributed by atoms with Crippen molar-refractivity contribution in [2.24, 2.45) is 5.92 Å². The summed E-state index contributed by atoms with van der Waals surface area (Å²) in [6, 6.07) is 4.04. The van der Waals surface area contributed by atoms with E-state index in [0.29, 0.717) is 12.3 Å². The molecule has 1 saturated carbocycles. The number of rotatable bonds is 5. The molecule has 2 aromatic heterocycles. The average Bonchev–Trinajstić information content (AvgIpc) is 3.18. The normalized spacial score (nSPS) is 15.5. The number of aromatic nitrogens is 2. The summed E-state index contributed by atoms with van der Waals surface area (Å²) in [6.45, 7) is 2.07. The van der Waals surface area contributed by atoms with Crippen LogP contribution < -0.4 is 5.32 Å². The highest BCUT2D eigenvalue weighted by atomic mass is 32.1. The monoisotopic (exact) mass is 303 g/mol. The van der Waals surface area contributed by atoms with Crippen molar-refractivity contribution in [2.75, 3.05) is 5.32 Å². The molecule has 0 unspecified atom stereocenters. The third-order valence-electron chi connectivity index (χ3n) is 4.16. The lowest BCUT2D eigenvalue weighted by atomic mass is 10.0. The fourth-order valence-electron chi connectivity index (χ4n) is 3.03. The predicted octanol–water partition coefficient (Wildman–Crippen LogP) is 4.22. The summed E-state index contributed by atoms with van der Waals surface area (Å²) in [7, 11) is 0. The minimum Gasteiger partial charge on any atom is -0.323 e. The van der Waals surface area contributed by atoms with E-state index in [9.17, 15) is 4.79 Å². The van der Waals surface area contributed by atoms with Gasteiger partial charge >= 0.3 is 0 Å². The van der Waals surface area contributed by atoms with Crippen molar-refractivity contribution in [3.8, 4) is 10.6 Å². The number of carbonyl (C=O) groups excluding carboxylic acids is 1. The average molecular weight is 303 g/mol. The van der Waals surface area contributed by atoms with Gasteiger partial charge in [0.25, 0.3) is 0 Å². The molecule has 0 aromatic carbocycles. The molecule has 1 fully saturated rings. The van der Waals surface area contributed by atoms with Crippen molar-refractivity contribution in [2.45, 2.75) is 45.4 Å². The van der Waals surface area contributed by atoms with Crippen molar-refractivity contribution in [3.63, 3.8) is 0 Å². The Bertz CT molecular complexity index is 597. The van der Waals surface area contributed by atoms with E-state index in [1.807, 2.05) is 17.5 Å². The lowest BCUT2D eigenvalue weighted by Crippen LogP contribution is -2.16. The Morgan fingerprint density at radius 2 is 2.29 bits per heavy atom. The highest BCUT2D eigenvalue weighted by molar-refractivity contribution is 7.13. The molecular weight excluding hydrogens is 282 g/mol. The molecule has 2 heterocycles. The first-order valence-corrected chi connectivity index (χ1v) is 8.57. The number of amides is 1. The van der Waals surface area contributed by atoms with Gasteiger partial charge in [-0.3, -0.25) is 9.89 Å². The third kappa shape index (κ3) is 3.18. The molecule has 0 saturated heterocycles. The molecule has 0 spiro atoms. The van der Waals surface area contributed by atoms with Crippen molar-refractivity contribution in [1.82, 2.24) is 10.2 Å². The smallest absolute Gasteiger partial charge is 0.224 e. The fourth-order valence-corrected chi connectivity index (χ4v) is 3.75. The fraction of sp³-hybridized carbons (Fsp3) is 0.500. The first-order valence-electron chi connectivity index (χ1n) is 7.69. The van der Waals surface area contributed by atoms with Crippen LogP contribution in [0.5, 0.6) is 0 Å². The summed E-state index contributed by atoms with van der Waals surface area (Å²) in [6.07, 6.45) is 6.39. The number of hydrogen-bond donors (Lipinski definition) is 2. The molecule has 5 heteroatoms. The molecule has 2 N–H and O–H groups in total. The zero-order chi connectivity index (χ0) is 14.7. The standard InChI is InChI=1S/C16H21N3OS/c1-2-12-15(16(19-18-12)13-8-5-9-21-13)17-14(20)10-11-6-3-4-7-11/h5,8-9,11H,2-4,6-7,10H2,1H3,(H,17,20)(H,18,19). The van der Waals surface area contributed by atoms with E-state index in [1.54, 1.807) is 11.3 Å². The van der Waals surface area contributed by atoms with Crippen molar-refractivity contribution < 1.29 is 4.79 Å². The van der Waals surface area contributed by atoms with Crippen LogP contribution in [0.15, 0.2) is 17.5 Å². The lowest BCUT2D eigenvalue weighted by molar-refractivity contribution is -0.117. The van der Waals surface area contributed by atoms with Crippen molar-refractivity contribution in [3.05, 3.63) is 23.2 Å². The Labute approximate surface area is 129 Å². The van der Waals surface area contributed by atoms with Gasteiger partial charge in [-0.15, -0.1) is 11.3 Å². The molecule has 3 rings (SSSR count). The molecule has 0 atom stereocenters. The third-order valence-corrected chi connectivity index (χ3v) is 5.04. The Balaban J connectivity index is 1.77. The van der Waals surface area contributed by atoms with Crippen LogP contribution in [-0.4, -0.2) is 16.1 Å². The number of nitrogens with one attached hydrogen (secondary N) is 2. The number of thiophene rings is 1. The largest absolute Gasteiger partial charge is 0.323 e. The summed E-state index contributed by atoms with van der Waals surface area (Å²) in [5.41, 5.74) is 2.72. The van der Waals surface area contributed by atoms with Gasteiger partial charge in [-0.05, 0) is 36.6 Å². The quantitative estimate of drug-likeness (QED) is 0.869. The van der Waals surface area contributed by atoms with Crippen LogP contribution in [0.4, 0.5) is 5.69 Å². The Kier molecular flexibility index (Phi) is 4.39. The second kappa shape index (κ2) is 6.43. The van der Waals surface area contributed by atoms with Gasteiger partial charge in [0.15, 0.2) is 0 Å². The molecule has 0 bridgehead atoms. The van der Waals surface area contributed by atoms with Crippen LogP contribution >= 0.6 is 11.3 Å². The molecule has 1 aliphatic rings. The molecule has 0 radical (unpaired) electrons. The van der Waals surface area contributed by atoms with Crippen molar-refractivity contribution >= 4 is 22.9 Å². The van der Waals surface area contributed by atoms with E-state index in [-0.39, 0.29) is 5.91 Å². The van der Waals surface area contributed by atoms with Crippen LogP contribution in [0.2, 0.25) is 0 Å². The van der Waals surface area contributed by atoms with E-state index < -0.39 is 0 Å². The molecule has 21 heavy (non-hydrogen) atoms. The van der Waals surface area contributed by atoms with Crippen molar-refractivity contribution in [1.29, 1.82) is 0 Å². The number of aromatic amines is 1. The van der Waals surface area contributed by atoms with Gasteiger partial charge in [0, 0.05) is 6.42 Å². The van der Waals surface area contributed by atoms with Gasteiger partial charge in [-0.1, -0.05) is 25.8 Å². The highest BCUT2D eigenvalue weighted by Crippen LogP contribution is 2.33. The number of anilines is 1. The molecule has 1 amide bonds. The number of nitrogens with zero attached hydrogens (tertiary/aromatic N) is 1. The van der Waals surface area contributed by atoms with Crippen LogP contribution in [0.3, 0.4) is 0 Å². The van der Waals surface area contributed by atoms with E-state index in [2.05, 4.69) is 22.4 Å². The molecule has 112 valence electrons. The maximum absolute atomic E-state index is 12.3. The van der Waals surface area contributed by atoms with Gasteiger partial charge in [-0.2, -0.15) is 5.10 Å². The molecule has 1 aliphatic carbocycles. The SMILES string of the molecule is CCc1[nH]nc(-c2cccs2)c1NC(=O)CC1CCCC1. The van der Waals surface area contributed by atoms with Crippen LogP contribution in [0, 0.1) is 5.92 Å². The minimum atomic E-state index is 0.121. The second-order valence-corrected chi connectivity index (χ2v) is 6.61. The van der Waals surface area contributed by atoms with Crippen LogP contribution in [0.25, 0.3) is 10.6 Å². The molecule has 4 nitrogen and oxygen atoms in total. The molecular formula is C16H21N3OS. The second-order valence-electron chi connectivity index (χ2n) is 5.66. The maximum Gasteiger partial charge on any atom is 0.224 e. The highest BCUT2D eigenvalue weighted by Gasteiger charge is 2.21. The Morgan fingerprint density at radius 1 is 1.48 bits per heavy atom. The topological polar surface area (TPSA) is 57.8 Å². The minimum absolute atomic E-state index is 0.121. The summed E-state index contributed by atoms with van der Waals surface area (Å²) in [5, 5.41) is 12.6. The molecule has 2 aromatic rings. The number of aryl methyl sites for hydroxylation is 1. The van der Waals surface area contributed by atoms with Gasteiger partial charge in [0.05, 0.1) is 16.3 Å². The molecule has 0 aliphatic heterocycles. The zero-order valence-corrected chi connectivity index (χ0v) is 13.1.